The van der Waals surface area contributed by atoms with Gasteiger partial charge in [-0.25, -0.2) is 4.79 Å². The van der Waals surface area contributed by atoms with Gasteiger partial charge in [0.25, 0.3) is 5.69 Å². The zero-order chi connectivity index (χ0) is 19.2. The Balaban J connectivity index is 1.64. The van der Waals surface area contributed by atoms with Gasteiger partial charge in [-0.15, -0.1) is 0 Å². The van der Waals surface area contributed by atoms with Crippen molar-refractivity contribution in [2.24, 2.45) is 4.99 Å². The number of carbonyl (C=O) groups excluding carboxylic acids is 1. The first-order valence-corrected chi connectivity index (χ1v) is 8.19. The van der Waals surface area contributed by atoms with Crippen molar-refractivity contribution in [2.75, 3.05) is 0 Å². The molecule has 0 atom stereocenters. The smallest absolute Gasteiger partial charge is 0.343 e. The molecule has 0 spiro atoms. The van der Waals surface area contributed by atoms with Gasteiger partial charge in [0.05, 0.1) is 16.2 Å². The third-order valence-electron chi connectivity index (χ3n) is 3.80. The van der Waals surface area contributed by atoms with Gasteiger partial charge in [-0.05, 0) is 48.9 Å². The lowest BCUT2D eigenvalue weighted by molar-refractivity contribution is -0.384. The number of carbonyl (C=O) groups is 1. The van der Waals surface area contributed by atoms with Crippen LogP contribution in [0.4, 0.5) is 11.4 Å². The fourth-order valence-corrected chi connectivity index (χ4v) is 2.29. The van der Waals surface area contributed by atoms with Crippen LogP contribution in [0.5, 0.6) is 5.75 Å². The van der Waals surface area contributed by atoms with Crippen LogP contribution in [-0.2, 0) is 0 Å². The van der Waals surface area contributed by atoms with E-state index in [4.69, 9.17) is 4.74 Å². The van der Waals surface area contributed by atoms with E-state index in [1.54, 1.807) is 30.5 Å². The van der Waals surface area contributed by atoms with Crippen molar-refractivity contribution in [3.8, 4) is 5.75 Å². The quantitative estimate of drug-likeness (QED) is 0.214. The molecule has 0 saturated carbocycles. The van der Waals surface area contributed by atoms with Crippen LogP contribution in [0, 0.1) is 17.0 Å². The molecule has 6 nitrogen and oxygen atoms in total. The van der Waals surface area contributed by atoms with Crippen LogP contribution in [0.2, 0.25) is 0 Å². The van der Waals surface area contributed by atoms with E-state index in [1.807, 2.05) is 31.2 Å². The van der Waals surface area contributed by atoms with Gasteiger partial charge in [0.1, 0.15) is 5.75 Å². The molecule has 0 aliphatic carbocycles. The highest BCUT2D eigenvalue weighted by atomic mass is 16.6. The number of esters is 1. The molecule has 0 aliphatic rings. The number of benzene rings is 3. The van der Waals surface area contributed by atoms with Crippen molar-refractivity contribution in [3.63, 3.8) is 0 Å². The van der Waals surface area contributed by atoms with Gasteiger partial charge in [-0.1, -0.05) is 29.8 Å². The normalized spacial score (nSPS) is 10.7. The van der Waals surface area contributed by atoms with Crippen molar-refractivity contribution in [1.82, 2.24) is 0 Å². The molecule has 3 rings (SSSR count). The van der Waals surface area contributed by atoms with Crippen molar-refractivity contribution in [3.05, 3.63) is 99.6 Å². The second-order valence-corrected chi connectivity index (χ2v) is 5.86. The molecule has 0 aromatic heterocycles. The maximum atomic E-state index is 12.2. The first kappa shape index (κ1) is 18.0. The lowest BCUT2D eigenvalue weighted by Crippen LogP contribution is -2.08. The van der Waals surface area contributed by atoms with E-state index in [2.05, 4.69) is 4.99 Å². The summed E-state index contributed by atoms with van der Waals surface area (Å²) in [6.45, 7) is 2.02. The van der Waals surface area contributed by atoms with Gasteiger partial charge in [-0.3, -0.25) is 15.1 Å². The van der Waals surface area contributed by atoms with Crippen LogP contribution in [0.15, 0.2) is 77.8 Å². The van der Waals surface area contributed by atoms with Gasteiger partial charge < -0.3 is 4.74 Å². The highest BCUT2D eigenvalue weighted by Crippen LogP contribution is 2.19. The first-order valence-electron chi connectivity index (χ1n) is 8.19. The van der Waals surface area contributed by atoms with Gasteiger partial charge in [0, 0.05) is 18.3 Å². The second-order valence-electron chi connectivity index (χ2n) is 5.86. The topological polar surface area (TPSA) is 81.8 Å². The van der Waals surface area contributed by atoms with Crippen LogP contribution in [-0.4, -0.2) is 17.1 Å². The Morgan fingerprint density at radius 1 is 0.963 bits per heavy atom. The fourth-order valence-electron chi connectivity index (χ4n) is 2.29. The molecule has 0 fully saturated rings. The van der Waals surface area contributed by atoms with Crippen LogP contribution in [0.3, 0.4) is 0 Å². The summed E-state index contributed by atoms with van der Waals surface area (Å²) in [6, 6.07) is 20.0. The molecule has 0 amide bonds. The molecule has 3 aromatic rings. The van der Waals surface area contributed by atoms with E-state index in [1.165, 1.54) is 29.8 Å². The molecular formula is C21H16N2O4. The molecule has 0 saturated heterocycles. The zero-order valence-electron chi connectivity index (χ0n) is 14.5. The summed E-state index contributed by atoms with van der Waals surface area (Å²) in [4.78, 5) is 26.7. The molecule has 6 heteroatoms. The predicted octanol–water partition coefficient (Wildman–Crippen LogP) is 4.87. The Morgan fingerprint density at radius 2 is 1.59 bits per heavy atom. The summed E-state index contributed by atoms with van der Waals surface area (Å²) >= 11 is 0. The molecule has 0 radical (unpaired) electrons. The minimum Gasteiger partial charge on any atom is -0.423 e. The number of nitro benzene ring substituents is 1. The minimum atomic E-state index is -0.544. The Kier molecular flexibility index (Phi) is 5.37. The summed E-state index contributed by atoms with van der Waals surface area (Å²) in [6.07, 6.45) is 1.75. The summed E-state index contributed by atoms with van der Waals surface area (Å²) in [7, 11) is 0. The van der Waals surface area contributed by atoms with Gasteiger partial charge >= 0.3 is 5.97 Å². The number of ether oxygens (including phenoxy) is 1. The van der Waals surface area contributed by atoms with Gasteiger partial charge in [0.15, 0.2) is 0 Å². The molecule has 0 aliphatic heterocycles. The average molecular weight is 360 g/mol. The van der Waals surface area contributed by atoms with Crippen molar-refractivity contribution in [2.45, 2.75) is 6.92 Å². The lowest BCUT2D eigenvalue weighted by atomic mass is 10.2. The maximum absolute atomic E-state index is 12.2. The second kappa shape index (κ2) is 8.05. The van der Waals surface area contributed by atoms with Crippen molar-refractivity contribution < 1.29 is 14.5 Å². The fraction of sp³-hybridized carbons (Fsp3) is 0.0476. The third-order valence-corrected chi connectivity index (χ3v) is 3.80. The molecule has 134 valence electrons. The highest BCUT2D eigenvalue weighted by molar-refractivity contribution is 5.91. The lowest BCUT2D eigenvalue weighted by Gasteiger charge is -2.04. The van der Waals surface area contributed by atoms with E-state index in [0.29, 0.717) is 11.3 Å². The third kappa shape index (κ3) is 4.85. The van der Waals surface area contributed by atoms with Crippen molar-refractivity contribution >= 4 is 23.6 Å². The van der Waals surface area contributed by atoms with E-state index in [9.17, 15) is 14.9 Å². The SMILES string of the molecule is Cc1ccc(C=Nc2ccc(C(=O)Oc3ccc([N+](=O)[O-])cc3)cc2)cc1. The summed E-state index contributed by atoms with van der Waals surface area (Å²) in [5.41, 5.74) is 3.18. The van der Waals surface area contributed by atoms with E-state index in [0.717, 1.165) is 5.56 Å². The molecule has 0 unspecified atom stereocenters. The number of aryl methyl sites for hydroxylation is 1. The number of non-ortho nitro benzene ring substituents is 1. The van der Waals surface area contributed by atoms with E-state index < -0.39 is 10.9 Å². The summed E-state index contributed by atoms with van der Waals surface area (Å²) in [5, 5.41) is 10.6. The Morgan fingerprint density at radius 3 is 2.19 bits per heavy atom. The number of nitrogens with zero attached hydrogens (tertiary/aromatic N) is 2. The van der Waals surface area contributed by atoms with Crippen LogP contribution < -0.4 is 4.74 Å². The van der Waals surface area contributed by atoms with Crippen LogP contribution in [0.1, 0.15) is 21.5 Å². The maximum Gasteiger partial charge on any atom is 0.343 e. The Bertz CT molecular complexity index is 976. The Hall–Kier alpha value is -3.80. The van der Waals surface area contributed by atoms with Crippen molar-refractivity contribution in [1.29, 1.82) is 0 Å². The first-order chi connectivity index (χ1) is 13.0. The molecule has 0 bridgehead atoms. The largest absolute Gasteiger partial charge is 0.423 e. The summed E-state index contributed by atoms with van der Waals surface area (Å²) in [5.74, 6) is -0.301. The van der Waals surface area contributed by atoms with E-state index >= 15 is 0 Å². The van der Waals surface area contributed by atoms with Gasteiger partial charge in [0.2, 0.25) is 0 Å². The average Bonchev–Trinajstić information content (AvgIpc) is 2.68. The number of hydrogen-bond donors (Lipinski definition) is 0. The zero-order valence-corrected chi connectivity index (χ0v) is 14.5. The monoisotopic (exact) mass is 360 g/mol. The molecular weight excluding hydrogens is 344 g/mol. The van der Waals surface area contributed by atoms with E-state index in [-0.39, 0.29) is 11.4 Å². The highest BCUT2D eigenvalue weighted by Gasteiger charge is 2.10. The van der Waals surface area contributed by atoms with Gasteiger partial charge in [-0.2, -0.15) is 0 Å². The standard InChI is InChI=1S/C21H16N2O4/c1-15-2-4-16(5-3-15)14-22-18-8-6-17(7-9-18)21(24)27-20-12-10-19(11-13-20)23(25)26/h2-14H,1H3. The van der Waals surface area contributed by atoms with Crippen LogP contribution >= 0.6 is 0 Å². The van der Waals surface area contributed by atoms with Crippen LogP contribution in [0.25, 0.3) is 0 Å². The number of hydrogen-bond acceptors (Lipinski definition) is 5. The number of rotatable bonds is 5. The minimum absolute atomic E-state index is 0.0643. The molecule has 3 aromatic carbocycles. The predicted molar refractivity (Wildman–Crippen MR) is 103 cm³/mol. The summed E-state index contributed by atoms with van der Waals surface area (Å²) < 4.78 is 5.22. The molecule has 27 heavy (non-hydrogen) atoms. The molecule has 0 N–H and O–H groups in total. The number of nitro groups is 1. The molecule has 0 heterocycles. The Labute approximate surface area is 155 Å². The number of aliphatic imine (C=N–C) groups is 1.